The van der Waals surface area contributed by atoms with E-state index in [4.69, 9.17) is 0 Å². The number of piperidine rings is 1. The van der Waals surface area contributed by atoms with E-state index in [9.17, 15) is 5.11 Å². The van der Waals surface area contributed by atoms with Gasteiger partial charge in [-0.15, -0.1) is 0 Å². The van der Waals surface area contributed by atoms with Gasteiger partial charge in [-0.2, -0.15) is 0 Å². The summed E-state index contributed by atoms with van der Waals surface area (Å²) in [6, 6.07) is 10.6. The molecule has 1 aromatic carbocycles. The summed E-state index contributed by atoms with van der Waals surface area (Å²) in [6.45, 7) is 11.0. The number of rotatable bonds is 3. The quantitative estimate of drug-likeness (QED) is 0.902. The minimum absolute atomic E-state index is 0.268. The predicted octanol–water partition coefficient (Wildman–Crippen LogP) is 3.26. The van der Waals surface area contributed by atoms with Gasteiger partial charge in [-0.05, 0) is 24.8 Å². The molecule has 0 aliphatic carbocycles. The molecule has 106 valence electrons. The number of nitrogens with zero attached hydrogens (tertiary/aromatic N) is 1. The molecule has 1 saturated heterocycles. The minimum atomic E-state index is -0.672. The van der Waals surface area contributed by atoms with E-state index in [0.717, 1.165) is 25.1 Å². The molecule has 1 aromatic rings. The van der Waals surface area contributed by atoms with E-state index >= 15 is 0 Å². The van der Waals surface area contributed by atoms with Gasteiger partial charge < -0.3 is 5.11 Å². The summed E-state index contributed by atoms with van der Waals surface area (Å²) in [7, 11) is 0. The van der Waals surface area contributed by atoms with Gasteiger partial charge in [0, 0.05) is 25.0 Å². The molecule has 2 rings (SSSR count). The maximum atomic E-state index is 11.1. The summed E-state index contributed by atoms with van der Waals surface area (Å²) in [6.07, 6.45) is 0.824. The van der Waals surface area contributed by atoms with Crippen LogP contribution in [-0.4, -0.2) is 29.1 Å². The Morgan fingerprint density at radius 3 is 2.47 bits per heavy atom. The number of hydrogen-bond donors (Lipinski definition) is 1. The maximum absolute atomic E-state index is 11.1. The van der Waals surface area contributed by atoms with Crippen LogP contribution >= 0.6 is 0 Å². The SMILES string of the molecule is CC(C)CN1C[C@@H](C)[C@@](O)(c2ccccc2)C[C@H]1C. The molecular weight excluding hydrogens is 234 g/mol. The van der Waals surface area contributed by atoms with Crippen LogP contribution < -0.4 is 0 Å². The van der Waals surface area contributed by atoms with Crippen molar-refractivity contribution < 1.29 is 5.11 Å². The number of likely N-dealkylation sites (tertiary alicyclic amines) is 1. The molecular formula is C17H27NO. The van der Waals surface area contributed by atoms with Gasteiger partial charge in [-0.1, -0.05) is 51.1 Å². The Kier molecular flexibility index (Phi) is 4.32. The molecule has 1 heterocycles. The van der Waals surface area contributed by atoms with Crippen LogP contribution in [0.2, 0.25) is 0 Å². The fourth-order valence-electron chi connectivity index (χ4n) is 3.32. The summed E-state index contributed by atoms with van der Waals surface area (Å²) < 4.78 is 0. The second kappa shape index (κ2) is 5.64. The molecule has 3 atom stereocenters. The average molecular weight is 261 g/mol. The molecule has 1 aliphatic heterocycles. The molecule has 0 amide bonds. The monoisotopic (exact) mass is 261 g/mol. The molecule has 2 heteroatoms. The smallest absolute Gasteiger partial charge is 0.0948 e. The van der Waals surface area contributed by atoms with E-state index < -0.39 is 5.60 Å². The zero-order valence-electron chi connectivity index (χ0n) is 12.6. The summed E-state index contributed by atoms with van der Waals surface area (Å²) >= 11 is 0. The van der Waals surface area contributed by atoms with Crippen LogP contribution in [0.15, 0.2) is 30.3 Å². The van der Waals surface area contributed by atoms with Gasteiger partial charge >= 0.3 is 0 Å². The first-order valence-corrected chi connectivity index (χ1v) is 7.45. The van der Waals surface area contributed by atoms with Crippen molar-refractivity contribution in [2.24, 2.45) is 11.8 Å². The molecule has 1 aliphatic rings. The Morgan fingerprint density at radius 1 is 1.26 bits per heavy atom. The second-order valence-electron chi connectivity index (χ2n) is 6.59. The van der Waals surface area contributed by atoms with E-state index in [0.29, 0.717) is 12.0 Å². The van der Waals surface area contributed by atoms with Crippen molar-refractivity contribution in [1.82, 2.24) is 4.90 Å². The average Bonchev–Trinajstić information content (AvgIpc) is 2.36. The van der Waals surface area contributed by atoms with Crippen molar-refractivity contribution in [3.05, 3.63) is 35.9 Å². The molecule has 1 fully saturated rings. The first-order valence-electron chi connectivity index (χ1n) is 7.45. The molecule has 1 N–H and O–H groups in total. The van der Waals surface area contributed by atoms with Crippen LogP contribution in [0.5, 0.6) is 0 Å². The molecule has 0 saturated carbocycles. The largest absolute Gasteiger partial charge is 0.385 e. The zero-order chi connectivity index (χ0) is 14.0. The summed E-state index contributed by atoms with van der Waals surface area (Å²) in [5, 5.41) is 11.1. The highest BCUT2D eigenvalue weighted by Crippen LogP contribution is 2.39. The molecule has 0 aromatic heterocycles. The highest BCUT2D eigenvalue weighted by atomic mass is 16.3. The van der Waals surface area contributed by atoms with Gasteiger partial charge in [0.1, 0.15) is 0 Å². The normalized spacial score (nSPS) is 32.7. The molecule has 19 heavy (non-hydrogen) atoms. The summed E-state index contributed by atoms with van der Waals surface area (Å²) in [4.78, 5) is 2.52. The van der Waals surface area contributed by atoms with Gasteiger partial charge in [-0.3, -0.25) is 4.90 Å². The summed E-state index contributed by atoms with van der Waals surface area (Å²) in [5.74, 6) is 0.947. The van der Waals surface area contributed by atoms with Crippen molar-refractivity contribution in [3.8, 4) is 0 Å². The molecule has 0 radical (unpaired) electrons. The van der Waals surface area contributed by atoms with E-state index in [-0.39, 0.29) is 5.92 Å². The van der Waals surface area contributed by atoms with Crippen LogP contribution in [0.25, 0.3) is 0 Å². The minimum Gasteiger partial charge on any atom is -0.385 e. The van der Waals surface area contributed by atoms with Crippen LogP contribution in [0.1, 0.15) is 39.7 Å². The van der Waals surface area contributed by atoms with Crippen LogP contribution in [0, 0.1) is 11.8 Å². The molecule has 0 bridgehead atoms. The first kappa shape index (κ1) is 14.5. The Balaban J connectivity index is 2.18. The fraction of sp³-hybridized carbons (Fsp3) is 0.647. The summed E-state index contributed by atoms with van der Waals surface area (Å²) in [5.41, 5.74) is 0.396. The second-order valence-corrected chi connectivity index (χ2v) is 6.59. The van der Waals surface area contributed by atoms with Gasteiger partial charge in [0.25, 0.3) is 0 Å². The van der Waals surface area contributed by atoms with Gasteiger partial charge in [-0.25, -0.2) is 0 Å². The zero-order valence-corrected chi connectivity index (χ0v) is 12.6. The topological polar surface area (TPSA) is 23.5 Å². The van der Waals surface area contributed by atoms with Crippen molar-refractivity contribution in [1.29, 1.82) is 0 Å². The van der Waals surface area contributed by atoms with Crippen LogP contribution in [-0.2, 0) is 5.60 Å². The van der Waals surface area contributed by atoms with E-state index in [1.54, 1.807) is 0 Å². The number of benzene rings is 1. The van der Waals surface area contributed by atoms with E-state index in [1.807, 2.05) is 18.2 Å². The van der Waals surface area contributed by atoms with E-state index in [1.165, 1.54) is 0 Å². The standard InChI is InChI=1S/C17H27NO/c1-13(2)11-18-12-14(3)17(19,10-15(18)4)16-8-6-5-7-9-16/h5-9,13-15,19H,10-12H2,1-4H3/t14-,15-,17-/m1/s1. The van der Waals surface area contributed by atoms with Crippen molar-refractivity contribution in [3.63, 3.8) is 0 Å². The Bertz CT molecular complexity index is 403. The fourth-order valence-corrected chi connectivity index (χ4v) is 3.32. The van der Waals surface area contributed by atoms with Crippen LogP contribution in [0.3, 0.4) is 0 Å². The van der Waals surface area contributed by atoms with Gasteiger partial charge in [0.2, 0.25) is 0 Å². The van der Waals surface area contributed by atoms with Crippen molar-refractivity contribution >= 4 is 0 Å². The highest BCUT2D eigenvalue weighted by Gasteiger charge is 2.43. The highest BCUT2D eigenvalue weighted by molar-refractivity contribution is 5.24. The lowest BCUT2D eigenvalue weighted by atomic mass is 9.74. The third-order valence-corrected chi connectivity index (χ3v) is 4.43. The molecule has 0 unspecified atom stereocenters. The Hall–Kier alpha value is -0.860. The lowest BCUT2D eigenvalue weighted by Crippen LogP contribution is -2.53. The van der Waals surface area contributed by atoms with Crippen molar-refractivity contribution in [2.75, 3.05) is 13.1 Å². The van der Waals surface area contributed by atoms with Crippen LogP contribution in [0.4, 0.5) is 0 Å². The van der Waals surface area contributed by atoms with Gasteiger partial charge in [0.05, 0.1) is 5.60 Å². The lowest BCUT2D eigenvalue weighted by Gasteiger charge is -2.47. The third-order valence-electron chi connectivity index (χ3n) is 4.43. The van der Waals surface area contributed by atoms with Gasteiger partial charge in [0.15, 0.2) is 0 Å². The predicted molar refractivity (Wildman–Crippen MR) is 80.0 cm³/mol. The number of hydrogen-bond acceptors (Lipinski definition) is 2. The lowest BCUT2D eigenvalue weighted by molar-refractivity contribution is -0.0925. The van der Waals surface area contributed by atoms with E-state index in [2.05, 4.69) is 44.7 Å². The first-order chi connectivity index (χ1) is 8.93. The molecule has 2 nitrogen and oxygen atoms in total. The third kappa shape index (κ3) is 3.01. The maximum Gasteiger partial charge on any atom is 0.0948 e. The van der Waals surface area contributed by atoms with Crippen molar-refractivity contribution in [2.45, 2.75) is 45.8 Å². The Labute approximate surface area is 117 Å². The number of aliphatic hydroxyl groups is 1. The Morgan fingerprint density at radius 2 is 1.89 bits per heavy atom. The molecule has 0 spiro atoms.